The van der Waals surface area contributed by atoms with Gasteiger partial charge in [0.15, 0.2) is 0 Å². The normalized spacial score (nSPS) is 41.4. The van der Waals surface area contributed by atoms with Crippen molar-refractivity contribution in [2.24, 2.45) is 35.5 Å². The molecule has 4 aliphatic rings. The number of Topliss-reactive ketones (excluding diaryl/α,β-unsaturated/α-hetero) is 2. The van der Waals surface area contributed by atoms with Gasteiger partial charge in [0.1, 0.15) is 30.1 Å². The molecule has 1 amide bonds. The van der Waals surface area contributed by atoms with Crippen molar-refractivity contribution in [2.75, 3.05) is 41.0 Å². The molecule has 3 heterocycles. The molecule has 68 heavy (non-hydrogen) atoms. The number of hydrogen-bond donors (Lipinski definition) is 3. The molecule has 14 nitrogen and oxygen atoms in total. The molecule has 2 saturated heterocycles. The highest BCUT2D eigenvalue weighted by molar-refractivity contribution is 6.39. The van der Waals surface area contributed by atoms with E-state index in [2.05, 4.69) is 6.58 Å². The van der Waals surface area contributed by atoms with Crippen LogP contribution in [-0.4, -0.2) is 139 Å². The zero-order valence-electron chi connectivity index (χ0n) is 51.3. The van der Waals surface area contributed by atoms with E-state index in [0.717, 1.165) is 4.90 Å². The number of fused-ring (bicyclic) bond motifs is 3. The molecule has 3 aliphatic heterocycles. The molecule has 15 atom stereocenters. The molecule has 3 N–H and O–H groups in total. The number of nitrogens with zero attached hydrogens (tertiary/aromatic N) is 1. The van der Waals surface area contributed by atoms with Crippen molar-refractivity contribution in [3.63, 3.8) is 0 Å². The molecule has 0 spiro atoms. The van der Waals surface area contributed by atoms with Gasteiger partial charge in [-0.25, -0.2) is 4.79 Å². The summed E-state index contributed by atoms with van der Waals surface area (Å²) >= 11 is 0. The molecule has 0 aromatic heterocycles. The number of allylic oxidation sites excluding steroid dienone is 6. The van der Waals surface area contributed by atoms with E-state index < -0.39 is 142 Å². The van der Waals surface area contributed by atoms with Crippen LogP contribution in [-0.2, 0) is 47.6 Å². The molecular formula is C54H85NO13. The SMILES string of the molecule is [2H]C([2H])([2H])O[C@H]1C[C@@H]2CC([2H])([2H])[C@@H](C)[C@@](O)(O2)C(=O)C(=O)N2CCCC[C@H]2C(=O)O[C@H]([C@H](C)C[C@@H]2CC[C@@H](OC([2H])([2H])CO)[C@H](OC)C2)CC(=O)[C@H](C([2H])([2H])[2H])/C=C(\C)[C@@H](O)[C@@H](OC)C(=C)[C@H](C)C[C@H](C)/C=C/C=CC=C1C. The number of methoxy groups -OCH3 is 3. The number of ketones is 2. The number of esters is 1. The van der Waals surface area contributed by atoms with Crippen LogP contribution >= 0.6 is 0 Å². The molecule has 4 rings (SSSR count). The van der Waals surface area contributed by atoms with Crippen LogP contribution in [0.3, 0.4) is 0 Å². The van der Waals surface area contributed by atoms with Gasteiger partial charge in [0.2, 0.25) is 5.79 Å². The Hall–Kier alpha value is -3.34. The second kappa shape index (κ2) is 27.3. The number of amides is 1. The van der Waals surface area contributed by atoms with E-state index in [-0.39, 0.29) is 49.1 Å². The van der Waals surface area contributed by atoms with Gasteiger partial charge in [-0.1, -0.05) is 77.6 Å². The van der Waals surface area contributed by atoms with Crippen LogP contribution < -0.4 is 0 Å². The Morgan fingerprint density at radius 3 is 2.44 bits per heavy atom. The van der Waals surface area contributed by atoms with Gasteiger partial charge < -0.3 is 48.6 Å². The lowest BCUT2D eigenvalue weighted by atomic mass is 9.78. The third-order valence-electron chi connectivity index (χ3n) is 14.2. The fraction of sp³-hybridized carbons (Fsp3) is 0.741. The number of carbonyl (C=O) groups excluding carboxylic acids is 4. The van der Waals surface area contributed by atoms with E-state index in [1.165, 1.54) is 34.1 Å². The van der Waals surface area contributed by atoms with Crippen molar-refractivity contribution in [3.05, 3.63) is 59.8 Å². The maximum Gasteiger partial charge on any atom is 0.329 e. The largest absolute Gasteiger partial charge is 0.460 e. The first-order valence-electron chi connectivity index (χ1n) is 29.2. The summed E-state index contributed by atoms with van der Waals surface area (Å²) in [6.07, 6.45) is 0.960. The lowest BCUT2D eigenvalue weighted by molar-refractivity contribution is -0.265. The highest BCUT2D eigenvalue weighted by Gasteiger charge is 2.53. The van der Waals surface area contributed by atoms with Crippen LogP contribution in [0.2, 0.25) is 0 Å². The van der Waals surface area contributed by atoms with Crippen LogP contribution in [0.1, 0.15) is 139 Å². The Labute approximate surface area is 420 Å². The average molecular weight is 966 g/mol. The highest BCUT2D eigenvalue weighted by Crippen LogP contribution is 2.38. The third-order valence-corrected chi connectivity index (χ3v) is 14.2. The van der Waals surface area contributed by atoms with Gasteiger partial charge in [-0.15, -0.1) is 0 Å². The lowest BCUT2D eigenvalue weighted by Gasteiger charge is -2.42. The summed E-state index contributed by atoms with van der Waals surface area (Å²) < 4.78 is 118. The minimum Gasteiger partial charge on any atom is -0.460 e. The first-order valence-corrected chi connectivity index (χ1v) is 24.2. The number of aliphatic hydroxyl groups is 3. The summed E-state index contributed by atoms with van der Waals surface area (Å²) in [6, 6.07) is -1.47. The van der Waals surface area contributed by atoms with Crippen molar-refractivity contribution in [1.29, 1.82) is 0 Å². The number of hydrogen-bond acceptors (Lipinski definition) is 13. The number of piperidine rings is 1. The van der Waals surface area contributed by atoms with Crippen molar-refractivity contribution >= 4 is 23.4 Å². The fourth-order valence-corrected chi connectivity index (χ4v) is 9.89. The summed E-state index contributed by atoms with van der Waals surface area (Å²) in [5.41, 5.74) is 1.00. The van der Waals surface area contributed by atoms with Gasteiger partial charge >= 0.3 is 5.97 Å². The second-order valence-corrected chi connectivity index (χ2v) is 19.4. The van der Waals surface area contributed by atoms with E-state index >= 15 is 0 Å². The molecule has 0 aromatic carbocycles. The predicted molar refractivity (Wildman–Crippen MR) is 260 cm³/mol. The number of cyclic esters (lactones) is 1. The van der Waals surface area contributed by atoms with Gasteiger partial charge in [0.05, 0.1) is 44.4 Å². The van der Waals surface area contributed by atoms with Crippen molar-refractivity contribution < 1.29 is 76.6 Å². The van der Waals surface area contributed by atoms with Gasteiger partial charge in [-0.05, 0) is 118 Å². The second-order valence-electron chi connectivity index (χ2n) is 19.4. The highest BCUT2D eigenvalue weighted by atomic mass is 16.6. The molecule has 0 aromatic rings. The van der Waals surface area contributed by atoms with Gasteiger partial charge in [0, 0.05) is 59.3 Å². The topological polar surface area (TPSA) is 188 Å². The van der Waals surface area contributed by atoms with Crippen LogP contribution in [0, 0.1) is 35.5 Å². The van der Waals surface area contributed by atoms with E-state index in [0.29, 0.717) is 49.7 Å². The minimum atomic E-state index is -3.11. The summed E-state index contributed by atoms with van der Waals surface area (Å²) in [5, 5.41) is 33.4. The van der Waals surface area contributed by atoms with Gasteiger partial charge in [-0.3, -0.25) is 14.4 Å². The maximum atomic E-state index is 14.7. The lowest BCUT2D eigenvalue weighted by Crippen LogP contribution is -2.61. The summed E-state index contributed by atoms with van der Waals surface area (Å²) in [5.74, 6) is -12.6. The molecule has 1 aliphatic carbocycles. The quantitative estimate of drug-likeness (QED) is 0.120. The smallest absolute Gasteiger partial charge is 0.329 e. The van der Waals surface area contributed by atoms with Crippen molar-refractivity contribution in [1.82, 2.24) is 4.90 Å². The predicted octanol–water partition coefficient (Wildman–Crippen LogP) is 7.18. The maximum absolute atomic E-state index is 14.7. The van der Waals surface area contributed by atoms with Crippen LogP contribution in [0.25, 0.3) is 0 Å². The zero-order chi connectivity index (χ0) is 58.9. The molecule has 384 valence electrons. The van der Waals surface area contributed by atoms with Crippen LogP contribution in [0.5, 0.6) is 0 Å². The first-order chi connectivity index (χ1) is 36.1. The molecule has 14 heteroatoms. The molecule has 0 unspecified atom stereocenters. The summed E-state index contributed by atoms with van der Waals surface area (Å²) in [7, 11) is -0.111. The van der Waals surface area contributed by atoms with Crippen LogP contribution in [0.4, 0.5) is 0 Å². The van der Waals surface area contributed by atoms with Gasteiger partial charge in [0.25, 0.3) is 11.7 Å². The first kappa shape index (κ1) is 43.4. The molecule has 0 radical (unpaired) electrons. The zero-order valence-corrected chi connectivity index (χ0v) is 41.3. The number of ether oxygens (including phenoxy) is 6. The summed E-state index contributed by atoms with van der Waals surface area (Å²) in [4.78, 5) is 59.2. The Morgan fingerprint density at radius 2 is 1.75 bits per heavy atom. The van der Waals surface area contributed by atoms with E-state index in [4.69, 9.17) is 42.1 Å². The third kappa shape index (κ3) is 15.3. The monoisotopic (exact) mass is 966 g/mol. The number of aliphatic hydroxyl groups excluding tert-OH is 2. The van der Waals surface area contributed by atoms with E-state index in [1.54, 1.807) is 38.2 Å². The van der Waals surface area contributed by atoms with Gasteiger partial charge in [-0.2, -0.15) is 0 Å². The van der Waals surface area contributed by atoms with Crippen molar-refractivity contribution in [2.45, 2.75) is 180 Å². The molecule has 2 bridgehead atoms. The Balaban J connectivity index is 1.83. The van der Waals surface area contributed by atoms with Crippen LogP contribution in [0.15, 0.2) is 59.8 Å². The fourth-order valence-electron chi connectivity index (χ4n) is 9.89. The Morgan fingerprint density at radius 1 is 0.985 bits per heavy atom. The summed E-state index contributed by atoms with van der Waals surface area (Å²) in [6.45, 7) is 7.76. The van der Waals surface area contributed by atoms with Crippen molar-refractivity contribution in [3.8, 4) is 0 Å². The minimum absolute atomic E-state index is 0.0305. The van der Waals surface area contributed by atoms with E-state index in [9.17, 15) is 34.5 Å². The number of rotatable bonds is 9. The average Bonchev–Trinajstić information content (AvgIpc) is 3.36. The molecular weight excluding hydrogens is 871 g/mol. The molecule has 3 fully saturated rings. The Kier molecular flexibility index (Phi) is 17.5. The molecule has 1 saturated carbocycles. The standard InChI is InChI=1S/C54H85NO13/c1-33-17-13-12-14-18-34(2)46(63-9)31-42-22-20-39(7)54(62,68-42)51(59)52(60)55-24-16-15-19-43(55)53(61)67-47(37(5)29-41-21-23-45(66-26-25-56)48(30-41)64-10)32-44(57)36(4)28-38(6)49(58)50(65-11)40(8)35(3)27-33/h12-14,17-18,28,33,35-37,39,41-43,45-50,56,58,62H,8,15-16,19-27,29-32H2,1-7,9-11H3/b14-12?,17-13+,34-18?,38-28+/t33-,35-,36-,37-,39-,41+,42+,43+,45-,46+,47+,48-,49-,50+,54-/m1/s1/i4D3,9D3,20D2,26D2. The Bertz CT molecular complexity index is 2200. The number of carbonyl (C=O) groups is 4. The van der Waals surface area contributed by atoms with E-state index in [1.807, 2.05) is 19.9 Å².